The molecular weight excluding hydrogens is 396 g/mol. The van der Waals surface area contributed by atoms with Gasteiger partial charge >= 0.3 is 12.1 Å². The first-order valence-electron chi connectivity index (χ1n) is 11.1. The number of allylic oxidation sites excluding steroid dienone is 1. The summed E-state index contributed by atoms with van der Waals surface area (Å²) in [6.07, 6.45) is 6.75. The standard InChI is InChI=1S/C24H38N2O5/c1-9-11-16-14-19(25(15-16)22(29)31-24(6,7)8)20(27)26-17(10-2)12-13-18(26)21(28)30-23(3,4)5/h9-11,16-19H,2,12-15H2,1,3-8H3/b11-9+/t16-,17+,18-,19-/m0/s1. The summed E-state index contributed by atoms with van der Waals surface area (Å²) < 4.78 is 11.1. The molecule has 31 heavy (non-hydrogen) atoms. The van der Waals surface area contributed by atoms with E-state index >= 15 is 0 Å². The number of rotatable bonds is 4. The molecule has 0 aromatic carbocycles. The van der Waals surface area contributed by atoms with Crippen molar-refractivity contribution in [2.45, 2.75) is 97.1 Å². The van der Waals surface area contributed by atoms with Gasteiger partial charge in [0.2, 0.25) is 5.91 Å². The molecule has 2 amide bonds. The van der Waals surface area contributed by atoms with Crippen molar-refractivity contribution in [2.75, 3.05) is 6.54 Å². The summed E-state index contributed by atoms with van der Waals surface area (Å²) in [7, 11) is 0. The van der Waals surface area contributed by atoms with Crippen LogP contribution in [0.2, 0.25) is 0 Å². The predicted octanol–water partition coefficient (Wildman–Crippen LogP) is 4.08. The summed E-state index contributed by atoms with van der Waals surface area (Å²) in [6.45, 7) is 17.0. The van der Waals surface area contributed by atoms with Crippen molar-refractivity contribution in [3.05, 3.63) is 24.8 Å². The van der Waals surface area contributed by atoms with Crippen molar-refractivity contribution >= 4 is 18.0 Å². The van der Waals surface area contributed by atoms with E-state index in [2.05, 4.69) is 6.58 Å². The third-order valence-electron chi connectivity index (χ3n) is 5.35. The third kappa shape index (κ3) is 6.34. The number of amides is 2. The molecule has 2 heterocycles. The maximum absolute atomic E-state index is 13.7. The van der Waals surface area contributed by atoms with Gasteiger partial charge in [-0.05, 0) is 73.6 Å². The monoisotopic (exact) mass is 434 g/mol. The second-order valence-corrected chi connectivity index (χ2v) is 10.3. The Labute approximate surface area is 186 Å². The topological polar surface area (TPSA) is 76.2 Å². The number of ether oxygens (including phenoxy) is 2. The van der Waals surface area contributed by atoms with E-state index in [0.717, 1.165) is 0 Å². The SMILES string of the molecule is C=C[C@@H]1CC[C@@H](C(=O)OC(C)(C)C)N1C(=O)[C@@H]1C[C@H](/C=C/C)CN1C(=O)OC(C)(C)C. The van der Waals surface area contributed by atoms with Gasteiger partial charge in [0.25, 0.3) is 0 Å². The summed E-state index contributed by atoms with van der Waals surface area (Å²) in [5.41, 5.74) is -1.31. The molecule has 4 atom stereocenters. The molecule has 0 saturated carbocycles. The first-order chi connectivity index (χ1) is 14.3. The van der Waals surface area contributed by atoms with Crippen LogP contribution in [0, 0.1) is 5.92 Å². The average Bonchev–Trinajstić information content (AvgIpc) is 3.22. The molecule has 2 saturated heterocycles. The number of likely N-dealkylation sites (tertiary alicyclic amines) is 2. The van der Waals surface area contributed by atoms with Crippen molar-refractivity contribution in [3.8, 4) is 0 Å². The lowest BCUT2D eigenvalue weighted by molar-refractivity contribution is -0.164. The molecule has 0 aromatic rings. The van der Waals surface area contributed by atoms with E-state index in [-0.39, 0.29) is 17.9 Å². The second kappa shape index (κ2) is 9.45. The van der Waals surface area contributed by atoms with Gasteiger partial charge in [-0.15, -0.1) is 6.58 Å². The Hall–Kier alpha value is -2.31. The number of esters is 1. The molecule has 2 aliphatic rings. The number of nitrogens with zero attached hydrogens (tertiary/aromatic N) is 2. The first kappa shape index (κ1) is 25.0. The van der Waals surface area contributed by atoms with Crippen molar-refractivity contribution < 1.29 is 23.9 Å². The Kier molecular flexibility index (Phi) is 7.61. The van der Waals surface area contributed by atoms with Crippen LogP contribution in [0.1, 0.15) is 67.7 Å². The number of hydrogen-bond acceptors (Lipinski definition) is 5. The van der Waals surface area contributed by atoms with E-state index in [1.807, 2.05) is 19.1 Å². The summed E-state index contributed by atoms with van der Waals surface area (Å²) >= 11 is 0. The second-order valence-electron chi connectivity index (χ2n) is 10.3. The summed E-state index contributed by atoms with van der Waals surface area (Å²) in [5.74, 6) is -0.621. The highest BCUT2D eigenvalue weighted by Crippen LogP contribution is 2.33. The fourth-order valence-corrected chi connectivity index (χ4v) is 4.20. The fourth-order valence-electron chi connectivity index (χ4n) is 4.20. The maximum Gasteiger partial charge on any atom is 0.410 e. The zero-order valence-corrected chi connectivity index (χ0v) is 20.0. The number of carbonyl (C=O) groups is 3. The van der Waals surface area contributed by atoms with Crippen molar-refractivity contribution in [1.29, 1.82) is 0 Å². The van der Waals surface area contributed by atoms with Gasteiger partial charge in [0.15, 0.2) is 0 Å². The van der Waals surface area contributed by atoms with Gasteiger partial charge in [-0.1, -0.05) is 18.2 Å². The zero-order valence-electron chi connectivity index (χ0n) is 20.0. The summed E-state index contributed by atoms with van der Waals surface area (Å²) in [6, 6.07) is -1.65. The lowest BCUT2D eigenvalue weighted by atomic mass is 10.0. The maximum atomic E-state index is 13.7. The molecule has 0 spiro atoms. The van der Waals surface area contributed by atoms with Crippen LogP contribution in [0.4, 0.5) is 4.79 Å². The molecule has 0 aliphatic carbocycles. The number of hydrogen-bond donors (Lipinski definition) is 0. The average molecular weight is 435 g/mol. The van der Waals surface area contributed by atoms with E-state index in [0.29, 0.717) is 25.8 Å². The van der Waals surface area contributed by atoms with Crippen LogP contribution in [-0.4, -0.2) is 63.6 Å². The highest BCUT2D eigenvalue weighted by molar-refractivity contribution is 5.91. The Morgan fingerprint density at radius 3 is 2.10 bits per heavy atom. The molecule has 0 unspecified atom stereocenters. The van der Waals surface area contributed by atoms with Gasteiger partial charge < -0.3 is 14.4 Å². The third-order valence-corrected chi connectivity index (χ3v) is 5.35. The molecule has 0 N–H and O–H groups in total. The van der Waals surface area contributed by atoms with Crippen LogP contribution < -0.4 is 0 Å². The van der Waals surface area contributed by atoms with Crippen molar-refractivity contribution in [1.82, 2.24) is 9.80 Å². The van der Waals surface area contributed by atoms with Gasteiger partial charge in [0.1, 0.15) is 23.3 Å². The fraction of sp³-hybridized carbons (Fsp3) is 0.708. The van der Waals surface area contributed by atoms with E-state index in [4.69, 9.17) is 9.47 Å². The Balaban J connectivity index is 2.32. The molecule has 7 nitrogen and oxygen atoms in total. The van der Waals surface area contributed by atoms with Crippen LogP contribution in [0.15, 0.2) is 24.8 Å². The highest BCUT2D eigenvalue weighted by Gasteiger charge is 2.48. The van der Waals surface area contributed by atoms with E-state index < -0.39 is 35.3 Å². The molecule has 2 rings (SSSR count). The Bertz CT molecular complexity index is 731. The Morgan fingerprint density at radius 2 is 1.58 bits per heavy atom. The first-order valence-corrected chi connectivity index (χ1v) is 11.1. The van der Waals surface area contributed by atoms with Gasteiger partial charge in [-0.3, -0.25) is 9.69 Å². The van der Waals surface area contributed by atoms with Crippen LogP contribution >= 0.6 is 0 Å². The van der Waals surface area contributed by atoms with Crippen LogP contribution in [-0.2, 0) is 19.1 Å². The molecule has 0 aromatic heterocycles. The molecular formula is C24H38N2O5. The normalized spacial score (nSPS) is 26.9. The summed E-state index contributed by atoms with van der Waals surface area (Å²) in [4.78, 5) is 42.5. The largest absolute Gasteiger partial charge is 0.458 e. The van der Waals surface area contributed by atoms with Crippen LogP contribution in [0.25, 0.3) is 0 Å². The van der Waals surface area contributed by atoms with Crippen molar-refractivity contribution in [3.63, 3.8) is 0 Å². The smallest absolute Gasteiger partial charge is 0.410 e. The predicted molar refractivity (Wildman–Crippen MR) is 119 cm³/mol. The number of carbonyl (C=O) groups excluding carboxylic acids is 3. The minimum absolute atomic E-state index is 0.0521. The van der Waals surface area contributed by atoms with Crippen LogP contribution in [0.5, 0.6) is 0 Å². The van der Waals surface area contributed by atoms with Crippen LogP contribution in [0.3, 0.4) is 0 Å². The minimum atomic E-state index is -0.693. The Morgan fingerprint density at radius 1 is 0.968 bits per heavy atom. The summed E-state index contributed by atoms with van der Waals surface area (Å²) in [5, 5.41) is 0. The van der Waals surface area contributed by atoms with Crippen molar-refractivity contribution in [2.24, 2.45) is 5.92 Å². The lowest BCUT2D eigenvalue weighted by Gasteiger charge is -2.34. The molecule has 0 bridgehead atoms. The lowest BCUT2D eigenvalue weighted by Crippen LogP contribution is -2.54. The van der Waals surface area contributed by atoms with Gasteiger partial charge in [0.05, 0.1) is 6.04 Å². The van der Waals surface area contributed by atoms with Gasteiger partial charge in [-0.25, -0.2) is 9.59 Å². The van der Waals surface area contributed by atoms with Gasteiger partial charge in [-0.2, -0.15) is 0 Å². The zero-order chi connectivity index (χ0) is 23.6. The molecule has 2 fully saturated rings. The van der Waals surface area contributed by atoms with E-state index in [1.165, 1.54) is 4.90 Å². The van der Waals surface area contributed by atoms with Gasteiger partial charge in [0, 0.05) is 6.54 Å². The molecule has 174 valence electrons. The quantitative estimate of drug-likeness (QED) is 0.492. The van der Waals surface area contributed by atoms with E-state index in [9.17, 15) is 14.4 Å². The van der Waals surface area contributed by atoms with E-state index in [1.54, 1.807) is 52.5 Å². The molecule has 0 radical (unpaired) electrons. The molecule has 2 aliphatic heterocycles. The molecule has 7 heteroatoms. The highest BCUT2D eigenvalue weighted by atomic mass is 16.6. The minimum Gasteiger partial charge on any atom is -0.458 e.